The number of hydrogen-bond donors (Lipinski definition) is 10. The Balaban J connectivity index is 1.21. The predicted octanol–water partition coefficient (Wildman–Crippen LogP) is -0.293. The normalized spacial score (nSPS) is 25.0. The van der Waals surface area contributed by atoms with Gasteiger partial charge in [0.05, 0.1) is 84.8 Å². The smallest absolute Gasteiger partial charge is 0.285 e. The van der Waals surface area contributed by atoms with Gasteiger partial charge in [-0.3, -0.25) is 57.6 Å². The number of ether oxygens (including phenoxy) is 1. The van der Waals surface area contributed by atoms with Crippen molar-refractivity contribution in [2.45, 2.75) is 126 Å². The van der Waals surface area contributed by atoms with Crippen LogP contribution in [0.25, 0.3) is 10.9 Å². The van der Waals surface area contributed by atoms with Gasteiger partial charge in [0.1, 0.15) is 17.8 Å². The number of aliphatic hydroxyl groups excluding tert-OH is 3. The summed E-state index contributed by atoms with van der Waals surface area (Å²) in [4.78, 5) is 162. The molecule has 2 aromatic carbocycles. The number of ketones is 2. The summed E-state index contributed by atoms with van der Waals surface area (Å²) < 4.78 is 6.15. The van der Waals surface area contributed by atoms with Gasteiger partial charge in [0.15, 0.2) is 11.6 Å². The number of rotatable bonds is 16. The fourth-order valence-corrected chi connectivity index (χ4v) is 11.5. The summed E-state index contributed by atoms with van der Waals surface area (Å²) in [5, 5.41) is 46.5. The Kier molecular flexibility index (Phi) is 21.2. The fourth-order valence-electron chi connectivity index (χ4n) is 10.4. The van der Waals surface area contributed by atoms with Gasteiger partial charge in [0.25, 0.3) is 11.8 Å². The number of aliphatic hydroxyl groups is 3. The molecule has 1 aromatic heterocycles. The first-order valence-electron chi connectivity index (χ1n) is 27.3. The molecule has 0 aliphatic carbocycles. The number of carbonyl (C=O) groups is 11. The van der Waals surface area contributed by atoms with Gasteiger partial charge in [0.2, 0.25) is 41.4 Å². The first kappa shape index (κ1) is 61.4. The number of aromatic nitrogens is 1. The van der Waals surface area contributed by atoms with Crippen molar-refractivity contribution < 1.29 is 77.6 Å². The summed E-state index contributed by atoms with van der Waals surface area (Å²) in [7, 11) is 0. The van der Waals surface area contributed by atoms with Crippen molar-refractivity contribution in [2.75, 3.05) is 45.2 Å². The number of aromatic amines is 1. The lowest BCUT2D eigenvalue weighted by molar-refractivity contribution is -0.145. The van der Waals surface area contributed by atoms with Crippen LogP contribution in [-0.2, 0) is 54.4 Å². The second kappa shape index (κ2) is 27.9. The molecule has 10 atom stereocenters. The number of nitrogens with zero attached hydrogens (tertiary/aromatic N) is 2. The predicted molar refractivity (Wildman–Crippen MR) is 289 cm³/mol. The van der Waals surface area contributed by atoms with Gasteiger partial charge < -0.3 is 62.3 Å². The van der Waals surface area contributed by atoms with Crippen LogP contribution in [-0.4, -0.2) is 177 Å². The maximum atomic E-state index is 14.8. The number of benzene rings is 2. The fraction of sp³-hybridized carbons (Fsp3) is 0.545. The molecule has 5 heterocycles. The van der Waals surface area contributed by atoms with E-state index in [1.807, 2.05) is 0 Å². The van der Waals surface area contributed by atoms with Gasteiger partial charge in [-0.15, -0.1) is 16.8 Å². The van der Waals surface area contributed by atoms with Crippen molar-refractivity contribution >= 4 is 87.4 Å². The highest BCUT2D eigenvalue weighted by molar-refractivity contribution is 7.99. The Morgan fingerprint density at radius 1 is 0.802 bits per heavy atom. The van der Waals surface area contributed by atoms with E-state index in [0.29, 0.717) is 66.0 Å². The Morgan fingerprint density at radius 3 is 2.14 bits per heavy atom. The van der Waals surface area contributed by atoms with Crippen molar-refractivity contribution in [3.05, 3.63) is 59.2 Å². The maximum absolute atomic E-state index is 14.8. The highest BCUT2D eigenvalue weighted by atomic mass is 32.2. The molecule has 81 heavy (non-hydrogen) atoms. The third-order valence-corrected chi connectivity index (χ3v) is 16.4. The number of primary amides is 1. The van der Waals surface area contributed by atoms with E-state index in [4.69, 9.17) is 15.3 Å². The van der Waals surface area contributed by atoms with E-state index < -0.39 is 170 Å². The van der Waals surface area contributed by atoms with Gasteiger partial charge in [-0.1, -0.05) is 45.7 Å². The lowest BCUT2D eigenvalue weighted by Crippen LogP contribution is -2.56. The van der Waals surface area contributed by atoms with Gasteiger partial charge in [-0.05, 0) is 61.4 Å². The van der Waals surface area contributed by atoms with Crippen LogP contribution in [0.5, 0.6) is 5.75 Å². The van der Waals surface area contributed by atoms with E-state index >= 15 is 0 Å². The van der Waals surface area contributed by atoms with Crippen LogP contribution < -0.4 is 37.1 Å². The van der Waals surface area contributed by atoms with Crippen molar-refractivity contribution in [2.24, 2.45) is 29.4 Å². The Bertz CT molecular complexity index is 2860. The highest BCUT2D eigenvalue weighted by Gasteiger charge is 2.45. The Labute approximate surface area is 470 Å². The van der Waals surface area contributed by atoms with E-state index in [0.717, 1.165) is 21.7 Å². The molecule has 0 saturated carbocycles. The third kappa shape index (κ3) is 15.2. The van der Waals surface area contributed by atoms with Crippen LogP contribution in [0.1, 0.15) is 105 Å². The van der Waals surface area contributed by atoms with Crippen LogP contribution in [0.3, 0.4) is 0 Å². The second-order valence-electron chi connectivity index (χ2n) is 21.1. The quantitative estimate of drug-likeness (QED) is 0.0651. The molecule has 9 amide bonds. The number of H-pyrrole nitrogens is 1. The third-order valence-electron chi connectivity index (χ3n) is 15.2. The zero-order valence-corrected chi connectivity index (χ0v) is 46.2. The SMILES string of the molecule is CC[C@H](C)[C@@H]1NC(=O)CNC(=O)[C@@H]2CC(=O)[C@H]([C@@H](C)[C@@H](O)CO)NC(=O)[C@@H]3C[C@@H](O)CN3C(=O)[C@H](CC(N)=O)CC(=O)[C@H](CSc3[nH]c4cc(OCCCCCCON5C(=O)c6ccccc6C5=O)ccc4c3C2)NC(=O)CNC1=O. The molecule has 11 N–H and O–H groups in total. The van der Waals surface area contributed by atoms with Crippen LogP contribution in [0.15, 0.2) is 47.5 Å². The number of fused-ring (bicyclic) bond motifs is 6. The number of hydroxylamine groups is 2. The molecule has 2 bridgehead atoms. The van der Waals surface area contributed by atoms with Crippen LogP contribution in [0.2, 0.25) is 0 Å². The van der Waals surface area contributed by atoms with Crippen molar-refractivity contribution in [3.8, 4) is 5.75 Å². The number of hydrogen-bond acceptors (Lipinski definition) is 17. The molecule has 1 saturated heterocycles. The molecule has 0 unspecified atom stereocenters. The minimum absolute atomic E-state index is 0.145. The summed E-state index contributed by atoms with van der Waals surface area (Å²) in [6, 6.07) is 5.92. The topological polar surface area (TPSA) is 375 Å². The minimum atomic E-state index is -1.62. The van der Waals surface area contributed by atoms with Crippen LogP contribution in [0, 0.1) is 23.7 Å². The average Bonchev–Trinajstić information content (AvgIpc) is 4.28. The van der Waals surface area contributed by atoms with Crippen molar-refractivity contribution in [3.63, 3.8) is 0 Å². The molecular formula is C55H71N9O16S. The van der Waals surface area contributed by atoms with Crippen LogP contribution in [0.4, 0.5) is 0 Å². The van der Waals surface area contributed by atoms with Gasteiger partial charge in [0, 0.05) is 61.3 Å². The zero-order valence-electron chi connectivity index (χ0n) is 45.4. The van der Waals surface area contributed by atoms with Crippen molar-refractivity contribution in [1.29, 1.82) is 0 Å². The molecule has 1 fully saturated rings. The molecule has 438 valence electrons. The first-order chi connectivity index (χ1) is 38.7. The van der Waals surface area contributed by atoms with Gasteiger partial charge in [-0.25, -0.2) is 0 Å². The van der Waals surface area contributed by atoms with Gasteiger partial charge >= 0.3 is 0 Å². The number of carbonyl (C=O) groups excluding carboxylic acids is 11. The van der Waals surface area contributed by atoms with E-state index in [2.05, 4.69) is 31.6 Å². The molecule has 0 spiro atoms. The summed E-state index contributed by atoms with van der Waals surface area (Å²) in [6.45, 7) is 2.72. The van der Waals surface area contributed by atoms with E-state index in [-0.39, 0.29) is 36.3 Å². The standard InChI is InChI=1S/C55H71N9O16S/c1-4-28(2)47-51(75)58-23-45(71)59-39-27-81-52-37(34-14-13-33(22-38(34)60-52)79-15-9-5-6-10-16-80-64-54(77)35-11-7-8-12-36(35)55(64)78)17-30(49(73)57-24-46(72)61-47)18-42(68)48(29(3)43(69)26-65)62-50(74)40-21-32(66)25-63(40)53(76)31(19-41(39)67)20-44(56)70/h7-8,11-14,22,28-32,39-40,43,47-48,60,65-66,69H,4-6,9-10,15-21,23-27H2,1-3H3,(H2,56,70)(H,57,73)(H,58,75)(H,59,71)(H,61,72)(H,62,74)/t28-,29-,30-,31-,32+,39-,40-,43-,47-,48-/m0/s1. The summed E-state index contributed by atoms with van der Waals surface area (Å²) in [6.07, 6.45) is -2.45. The van der Waals surface area contributed by atoms with Gasteiger partial charge in [-0.2, -0.15) is 0 Å². The molecule has 26 heteroatoms. The maximum Gasteiger partial charge on any atom is 0.285 e. The zero-order chi connectivity index (χ0) is 58.7. The number of unbranched alkanes of at least 4 members (excludes halogenated alkanes) is 3. The van der Waals surface area contributed by atoms with Crippen LogP contribution >= 0.6 is 11.8 Å². The van der Waals surface area contributed by atoms with E-state index in [9.17, 15) is 68.1 Å². The number of Topliss-reactive ketones (excluding diaryl/α,β-unsaturated/α-hetero) is 2. The largest absolute Gasteiger partial charge is 0.494 e. The van der Waals surface area contributed by atoms with Crippen molar-refractivity contribution in [1.82, 2.24) is 41.5 Å². The minimum Gasteiger partial charge on any atom is -0.494 e. The lowest BCUT2D eigenvalue weighted by Gasteiger charge is -2.32. The molecule has 4 aliphatic heterocycles. The lowest BCUT2D eigenvalue weighted by atomic mass is 9.85. The molecule has 7 rings (SSSR count). The summed E-state index contributed by atoms with van der Waals surface area (Å²) >= 11 is 1.04. The molecule has 25 nitrogen and oxygen atoms in total. The number of nitrogens with two attached hydrogens (primary N) is 1. The molecule has 4 aliphatic rings. The highest BCUT2D eigenvalue weighted by Crippen LogP contribution is 2.36. The second-order valence-corrected chi connectivity index (χ2v) is 22.1. The number of imide groups is 1. The average molecular weight is 1150 g/mol. The Hall–Kier alpha value is -7.26. The monoisotopic (exact) mass is 1150 g/mol. The molecular weight excluding hydrogens is 1070 g/mol. The summed E-state index contributed by atoms with van der Waals surface area (Å²) in [5.41, 5.74) is 7.14. The number of amides is 9. The first-order valence-corrected chi connectivity index (χ1v) is 28.2. The van der Waals surface area contributed by atoms with E-state index in [1.54, 1.807) is 56.3 Å². The molecule has 0 radical (unpaired) electrons. The number of nitrogens with one attached hydrogen (secondary N) is 6. The summed E-state index contributed by atoms with van der Waals surface area (Å²) in [5.74, 6) is -12.9. The van der Waals surface area contributed by atoms with E-state index in [1.165, 1.54) is 6.92 Å². The molecule has 3 aromatic rings. The Morgan fingerprint density at radius 2 is 1.47 bits per heavy atom. The number of thioether (sulfide) groups is 1.